The van der Waals surface area contributed by atoms with Gasteiger partial charge in [0.15, 0.2) is 0 Å². The summed E-state index contributed by atoms with van der Waals surface area (Å²) in [6.07, 6.45) is 1.68. The molecule has 0 unspecified atom stereocenters. The van der Waals surface area contributed by atoms with Crippen molar-refractivity contribution >= 4 is 75.4 Å². The van der Waals surface area contributed by atoms with Crippen molar-refractivity contribution in [1.82, 2.24) is 4.90 Å². The van der Waals surface area contributed by atoms with Gasteiger partial charge in [-0.05, 0) is 70.9 Å². The Kier molecular flexibility index (Phi) is 7.57. The first kappa shape index (κ1) is 24.0. The van der Waals surface area contributed by atoms with E-state index in [1.54, 1.807) is 48.5 Å². The quantitative estimate of drug-likeness (QED) is 0.297. The number of ether oxygens (including phenoxy) is 1. The van der Waals surface area contributed by atoms with Crippen molar-refractivity contribution in [1.29, 1.82) is 0 Å². The van der Waals surface area contributed by atoms with Crippen LogP contribution in [0.25, 0.3) is 6.08 Å². The van der Waals surface area contributed by atoms with Crippen LogP contribution in [-0.2, 0) is 17.9 Å². The normalized spacial score (nSPS) is 14.9. The maximum atomic E-state index is 12.8. The van der Waals surface area contributed by atoms with E-state index < -0.39 is 0 Å². The topological polar surface area (TPSA) is 46.6 Å². The molecule has 3 aromatic carbocycles. The lowest BCUT2D eigenvalue weighted by molar-refractivity contribution is -0.123. The van der Waals surface area contributed by atoms with Crippen LogP contribution in [0.4, 0.5) is 4.79 Å². The fraction of sp³-hybridized carbons (Fsp3) is 0.0833. The van der Waals surface area contributed by atoms with Gasteiger partial charge in [-0.3, -0.25) is 14.5 Å². The Balaban J connectivity index is 1.41. The molecule has 0 spiro atoms. The number of hydrogen-bond acceptors (Lipinski definition) is 4. The highest BCUT2D eigenvalue weighted by atomic mass is 35.5. The monoisotopic (exact) mass is 537 g/mol. The summed E-state index contributed by atoms with van der Waals surface area (Å²) in [6, 6.07) is 17.5. The van der Waals surface area contributed by atoms with Gasteiger partial charge < -0.3 is 4.74 Å². The molecule has 4 nitrogen and oxygen atoms in total. The molecule has 0 N–H and O–H groups in total. The van der Waals surface area contributed by atoms with Gasteiger partial charge in [0, 0.05) is 10.0 Å². The van der Waals surface area contributed by atoms with Crippen molar-refractivity contribution < 1.29 is 14.3 Å². The minimum atomic E-state index is -0.365. The predicted molar refractivity (Wildman–Crippen MR) is 135 cm³/mol. The van der Waals surface area contributed by atoms with Gasteiger partial charge in [-0.1, -0.05) is 70.7 Å². The SMILES string of the molecule is O=C1S/C(=C\c2ccc(OCc3ccc(Cl)c(Cl)c3)cc2)C(=O)N1Cc1ccc(Cl)cc1Cl. The number of benzene rings is 3. The summed E-state index contributed by atoms with van der Waals surface area (Å²) < 4.78 is 5.77. The molecule has 0 atom stereocenters. The van der Waals surface area contributed by atoms with Gasteiger partial charge in [-0.2, -0.15) is 0 Å². The van der Waals surface area contributed by atoms with Gasteiger partial charge in [0.2, 0.25) is 0 Å². The first-order valence-electron chi connectivity index (χ1n) is 9.66. The van der Waals surface area contributed by atoms with Crippen LogP contribution in [0.1, 0.15) is 16.7 Å². The van der Waals surface area contributed by atoms with Crippen LogP contribution < -0.4 is 4.74 Å². The maximum Gasteiger partial charge on any atom is 0.293 e. The molecule has 1 saturated heterocycles. The molecule has 0 radical (unpaired) electrons. The third-order valence-corrected chi connectivity index (χ3v) is 7.02. The maximum absolute atomic E-state index is 12.8. The van der Waals surface area contributed by atoms with Crippen LogP contribution in [-0.4, -0.2) is 16.0 Å². The van der Waals surface area contributed by atoms with Crippen LogP contribution in [0.5, 0.6) is 5.75 Å². The number of carbonyl (C=O) groups is 2. The lowest BCUT2D eigenvalue weighted by Gasteiger charge is -2.13. The molecule has 1 fully saturated rings. The van der Waals surface area contributed by atoms with Crippen molar-refractivity contribution in [2.75, 3.05) is 0 Å². The first-order chi connectivity index (χ1) is 15.8. The number of halogens is 4. The molecule has 0 bridgehead atoms. The molecule has 2 amide bonds. The second-order valence-corrected chi connectivity index (χ2v) is 9.76. The fourth-order valence-electron chi connectivity index (χ4n) is 3.06. The van der Waals surface area contributed by atoms with Crippen LogP contribution in [0.3, 0.4) is 0 Å². The highest BCUT2D eigenvalue weighted by molar-refractivity contribution is 8.18. The number of carbonyl (C=O) groups excluding carboxylic acids is 2. The Morgan fingerprint density at radius 1 is 0.848 bits per heavy atom. The Morgan fingerprint density at radius 3 is 2.30 bits per heavy atom. The third kappa shape index (κ3) is 5.86. The number of imide groups is 1. The van der Waals surface area contributed by atoms with Gasteiger partial charge in [-0.25, -0.2) is 0 Å². The first-order valence-corrected chi connectivity index (χ1v) is 12.0. The molecule has 1 aliphatic rings. The van der Waals surface area contributed by atoms with Crippen molar-refractivity contribution in [2.45, 2.75) is 13.2 Å². The summed E-state index contributed by atoms with van der Waals surface area (Å²) >= 11 is 24.9. The molecule has 168 valence electrons. The van der Waals surface area contributed by atoms with Gasteiger partial charge in [0.25, 0.3) is 11.1 Å². The summed E-state index contributed by atoms with van der Waals surface area (Å²) in [4.78, 5) is 26.7. The van der Waals surface area contributed by atoms with Gasteiger partial charge >= 0.3 is 0 Å². The Labute approximate surface area is 215 Å². The second-order valence-electron chi connectivity index (χ2n) is 7.11. The third-order valence-electron chi connectivity index (χ3n) is 4.78. The average Bonchev–Trinajstić information content (AvgIpc) is 3.04. The van der Waals surface area contributed by atoms with Crippen LogP contribution in [0.15, 0.2) is 65.6 Å². The zero-order valence-corrected chi connectivity index (χ0v) is 20.7. The van der Waals surface area contributed by atoms with Gasteiger partial charge in [-0.15, -0.1) is 0 Å². The van der Waals surface area contributed by atoms with E-state index in [9.17, 15) is 9.59 Å². The van der Waals surface area contributed by atoms with Crippen molar-refractivity contribution in [2.24, 2.45) is 0 Å². The molecule has 3 aromatic rings. The summed E-state index contributed by atoms with van der Waals surface area (Å²) in [5.74, 6) is 0.291. The molecular formula is C24H15Cl4NO3S. The lowest BCUT2D eigenvalue weighted by atomic mass is 10.2. The number of nitrogens with zero attached hydrogens (tertiary/aromatic N) is 1. The predicted octanol–water partition coefficient (Wildman–Crippen LogP) is 8.12. The van der Waals surface area contributed by atoms with Crippen molar-refractivity contribution in [3.63, 3.8) is 0 Å². The van der Waals surface area contributed by atoms with Gasteiger partial charge in [0.05, 0.1) is 21.5 Å². The van der Waals surface area contributed by atoms with Crippen molar-refractivity contribution in [3.8, 4) is 5.75 Å². The molecule has 1 aliphatic heterocycles. The van der Waals surface area contributed by atoms with E-state index in [1.165, 1.54) is 4.90 Å². The molecule has 9 heteroatoms. The van der Waals surface area contributed by atoms with E-state index in [2.05, 4.69) is 0 Å². The number of thioether (sulfide) groups is 1. The van der Waals surface area contributed by atoms with E-state index >= 15 is 0 Å². The average molecular weight is 539 g/mol. The summed E-state index contributed by atoms with van der Waals surface area (Å²) in [5.41, 5.74) is 2.31. The number of amides is 2. The fourth-order valence-corrected chi connectivity index (χ4v) is 4.69. The summed E-state index contributed by atoms with van der Waals surface area (Å²) in [7, 11) is 0. The highest BCUT2D eigenvalue weighted by Crippen LogP contribution is 2.34. The number of hydrogen-bond donors (Lipinski definition) is 0. The van der Waals surface area contributed by atoms with E-state index in [4.69, 9.17) is 51.1 Å². The molecule has 1 heterocycles. The molecule has 0 aliphatic carbocycles. The molecule has 33 heavy (non-hydrogen) atoms. The van der Waals surface area contributed by atoms with Crippen LogP contribution >= 0.6 is 58.2 Å². The molecule has 0 saturated carbocycles. The van der Waals surface area contributed by atoms with Gasteiger partial charge in [0.1, 0.15) is 12.4 Å². The molecule has 4 rings (SSSR count). The zero-order valence-electron chi connectivity index (χ0n) is 16.9. The van der Waals surface area contributed by atoms with E-state index in [1.807, 2.05) is 18.2 Å². The summed E-state index contributed by atoms with van der Waals surface area (Å²) in [5, 5.41) is 1.51. The highest BCUT2D eigenvalue weighted by Gasteiger charge is 2.35. The van der Waals surface area contributed by atoms with E-state index in [-0.39, 0.29) is 17.7 Å². The molecule has 0 aromatic heterocycles. The second kappa shape index (κ2) is 10.4. The zero-order chi connectivity index (χ0) is 23.5. The minimum absolute atomic E-state index is 0.0828. The lowest BCUT2D eigenvalue weighted by Crippen LogP contribution is -2.27. The smallest absolute Gasteiger partial charge is 0.293 e. The molecular weight excluding hydrogens is 524 g/mol. The largest absolute Gasteiger partial charge is 0.489 e. The number of rotatable bonds is 6. The summed E-state index contributed by atoms with van der Waals surface area (Å²) in [6.45, 7) is 0.419. The minimum Gasteiger partial charge on any atom is -0.489 e. The van der Waals surface area contributed by atoms with Crippen LogP contribution in [0.2, 0.25) is 20.1 Å². The van der Waals surface area contributed by atoms with E-state index in [0.29, 0.717) is 42.9 Å². The van der Waals surface area contributed by atoms with Crippen molar-refractivity contribution in [3.05, 3.63) is 102 Å². The Hall–Kier alpha value is -2.15. The van der Waals surface area contributed by atoms with Crippen LogP contribution in [0, 0.1) is 0 Å². The Bertz CT molecular complexity index is 1260. The Morgan fingerprint density at radius 2 is 1.61 bits per heavy atom. The standard InChI is InChI=1S/C24H15Cl4NO3S/c25-17-5-4-16(20(27)11-17)12-29-23(30)22(33-24(29)31)10-14-1-6-18(7-2-14)32-13-15-3-8-19(26)21(28)9-15/h1-11H,12-13H2/b22-10-. The van der Waals surface area contributed by atoms with E-state index in [0.717, 1.165) is 22.9 Å².